The fourth-order valence-electron chi connectivity index (χ4n) is 0.756. The van der Waals surface area contributed by atoms with E-state index in [0.717, 1.165) is 6.42 Å². The van der Waals surface area contributed by atoms with Crippen molar-refractivity contribution in [2.45, 2.75) is 20.3 Å². The lowest BCUT2D eigenvalue weighted by atomic mass is 10.1. The summed E-state index contributed by atoms with van der Waals surface area (Å²) in [7, 11) is -1.29. The Balaban J connectivity index is 3.50. The Morgan fingerprint density at radius 3 is 2.64 bits per heavy atom. The van der Waals surface area contributed by atoms with Crippen LogP contribution in [0.15, 0.2) is 0 Å². The molecule has 1 atom stereocenters. The first-order valence-electron chi connectivity index (χ1n) is 4.67. The standard InChI is InChI=1S/C9H18O4S/c1-8(2)3-5-13-9(11)7-14(12)6-4-10/h8,10H,3-7H2,1-2H3. The molecule has 0 aromatic rings. The van der Waals surface area contributed by atoms with Crippen molar-refractivity contribution in [3.05, 3.63) is 0 Å². The molecule has 5 heteroatoms. The van der Waals surface area contributed by atoms with Crippen molar-refractivity contribution in [2.24, 2.45) is 5.92 Å². The first-order valence-corrected chi connectivity index (χ1v) is 6.16. The summed E-state index contributed by atoms with van der Waals surface area (Å²) in [4.78, 5) is 11.0. The topological polar surface area (TPSA) is 63.6 Å². The first kappa shape index (κ1) is 13.6. The minimum atomic E-state index is -1.29. The van der Waals surface area contributed by atoms with Crippen LogP contribution in [-0.4, -0.2) is 40.0 Å². The molecule has 4 nitrogen and oxygen atoms in total. The number of carbonyl (C=O) groups is 1. The van der Waals surface area contributed by atoms with Crippen LogP contribution in [0.3, 0.4) is 0 Å². The summed E-state index contributed by atoms with van der Waals surface area (Å²) in [5.74, 6) is 0.0703. The van der Waals surface area contributed by atoms with Crippen molar-refractivity contribution in [2.75, 3.05) is 24.7 Å². The van der Waals surface area contributed by atoms with Gasteiger partial charge in [-0.25, -0.2) is 0 Å². The molecule has 1 N–H and O–H groups in total. The van der Waals surface area contributed by atoms with Crippen molar-refractivity contribution in [1.29, 1.82) is 0 Å². The smallest absolute Gasteiger partial charge is 0.318 e. The summed E-state index contributed by atoms with van der Waals surface area (Å²) >= 11 is 0. The normalized spacial score (nSPS) is 12.9. The van der Waals surface area contributed by atoms with Crippen molar-refractivity contribution < 1.29 is 18.8 Å². The Bertz CT molecular complexity index is 191. The number of ether oxygens (including phenoxy) is 1. The van der Waals surface area contributed by atoms with E-state index < -0.39 is 16.8 Å². The molecule has 84 valence electrons. The van der Waals surface area contributed by atoms with Gasteiger partial charge in [0, 0.05) is 16.6 Å². The molecule has 0 amide bonds. The molecule has 0 bridgehead atoms. The Labute approximate surface area is 87.1 Å². The third kappa shape index (κ3) is 8.19. The van der Waals surface area contributed by atoms with E-state index in [1.165, 1.54) is 0 Å². The average Bonchev–Trinajstić information content (AvgIpc) is 2.03. The number of aliphatic hydroxyl groups excluding tert-OH is 1. The van der Waals surface area contributed by atoms with E-state index in [4.69, 9.17) is 9.84 Å². The summed E-state index contributed by atoms with van der Waals surface area (Å²) in [5.41, 5.74) is 0. The van der Waals surface area contributed by atoms with E-state index >= 15 is 0 Å². The van der Waals surface area contributed by atoms with Crippen molar-refractivity contribution >= 4 is 16.8 Å². The summed E-state index contributed by atoms with van der Waals surface area (Å²) in [5, 5.41) is 8.45. The predicted octanol–water partition coefficient (Wildman–Crippen LogP) is 0.317. The SMILES string of the molecule is CC(C)CCOC(=O)CS(=O)CCO. The average molecular weight is 222 g/mol. The number of hydrogen-bond acceptors (Lipinski definition) is 4. The number of carbonyl (C=O) groups excluding carboxylic acids is 1. The summed E-state index contributed by atoms with van der Waals surface area (Å²) in [6, 6.07) is 0. The van der Waals surface area contributed by atoms with Gasteiger partial charge in [0.1, 0.15) is 5.75 Å². The molecule has 0 aliphatic rings. The highest BCUT2D eigenvalue weighted by Crippen LogP contribution is 1.99. The third-order valence-corrected chi connectivity index (χ3v) is 2.75. The van der Waals surface area contributed by atoms with Gasteiger partial charge in [0.25, 0.3) is 0 Å². The fourth-order valence-corrected chi connectivity index (χ4v) is 1.45. The van der Waals surface area contributed by atoms with Gasteiger partial charge >= 0.3 is 5.97 Å². The second-order valence-corrected chi connectivity index (χ2v) is 4.99. The van der Waals surface area contributed by atoms with Gasteiger partial charge in [-0.3, -0.25) is 9.00 Å². The van der Waals surface area contributed by atoms with Crippen LogP contribution in [0.2, 0.25) is 0 Å². The van der Waals surface area contributed by atoms with Gasteiger partial charge in [0.2, 0.25) is 0 Å². The summed E-state index contributed by atoms with van der Waals surface area (Å²) in [6.45, 7) is 4.30. The molecule has 0 aliphatic heterocycles. The second-order valence-electron chi connectivity index (χ2n) is 3.41. The molecule has 0 heterocycles. The lowest BCUT2D eigenvalue weighted by molar-refractivity contribution is -0.140. The number of esters is 1. The zero-order valence-electron chi connectivity index (χ0n) is 8.69. The fraction of sp³-hybridized carbons (Fsp3) is 0.889. The summed E-state index contributed by atoms with van der Waals surface area (Å²) < 4.78 is 15.9. The van der Waals surface area contributed by atoms with Crippen LogP contribution in [0.5, 0.6) is 0 Å². The monoisotopic (exact) mass is 222 g/mol. The maximum Gasteiger partial charge on any atom is 0.318 e. The Kier molecular flexibility index (Phi) is 7.70. The number of hydrogen-bond donors (Lipinski definition) is 1. The van der Waals surface area contributed by atoms with Crippen LogP contribution in [0.1, 0.15) is 20.3 Å². The van der Waals surface area contributed by atoms with Crippen molar-refractivity contribution in [3.8, 4) is 0 Å². The van der Waals surface area contributed by atoms with Gasteiger partial charge in [-0.1, -0.05) is 13.8 Å². The van der Waals surface area contributed by atoms with Crippen molar-refractivity contribution in [1.82, 2.24) is 0 Å². The molecule has 0 aromatic carbocycles. The zero-order chi connectivity index (χ0) is 11.0. The number of rotatable bonds is 7. The van der Waals surface area contributed by atoms with Gasteiger partial charge in [0.15, 0.2) is 0 Å². The molecule has 1 unspecified atom stereocenters. The van der Waals surface area contributed by atoms with E-state index in [1.54, 1.807) is 0 Å². The van der Waals surface area contributed by atoms with Crippen LogP contribution in [0.4, 0.5) is 0 Å². The van der Waals surface area contributed by atoms with Gasteiger partial charge < -0.3 is 9.84 Å². The Morgan fingerprint density at radius 2 is 2.14 bits per heavy atom. The third-order valence-electron chi connectivity index (χ3n) is 1.56. The lowest BCUT2D eigenvalue weighted by Gasteiger charge is -2.06. The van der Waals surface area contributed by atoms with Crippen LogP contribution in [0, 0.1) is 5.92 Å². The molecule has 0 spiro atoms. The summed E-state index contributed by atoms with van der Waals surface area (Å²) in [6.07, 6.45) is 0.818. The minimum absolute atomic E-state index is 0.112. The maximum absolute atomic E-state index is 11.0. The molecule has 0 fully saturated rings. The van der Waals surface area contributed by atoms with E-state index in [2.05, 4.69) is 0 Å². The molecular formula is C9H18O4S. The molecule has 0 aliphatic carbocycles. The van der Waals surface area contributed by atoms with E-state index in [1.807, 2.05) is 13.8 Å². The molecule has 14 heavy (non-hydrogen) atoms. The van der Waals surface area contributed by atoms with Gasteiger partial charge in [-0.05, 0) is 12.3 Å². The molecular weight excluding hydrogens is 204 g/mol. The maximum atomic E-state index is 11.0. The van der Waals surface area contributed by atoms with E-state index in [-0.39, 0.29) is 18.1 Å². The molecule has 0 rings (SSSR count). The first-order chi connectivity index (χ1) is 6.56. The number of aliphatic hydroxyl groups is 1. The van der Waals surface area contributed by atoms with Crippen LogP contribution < -0.4 is 0 Å². The largest absolute Gasteiger partial charge is 0.465 e. The second kappa shape index (κ2) is 7.94. The van der Waals surface area contributed by atoms with E-state index in [0.29, 0.717) is 12.5 Å². The molecule has 0 radical (unpaired) electrons. The van der Waals surface area contributed by atoms with Crippen LogP contribution in [-0.2, 0) is 20.3 Å². The van der Waals surface area contributed by atoms with Crippen LogP contribution >= 0.6 is 0 Å². The Morgan fingerprint density at radius 1 is 1.50 bits per heavy atom. The quantitative estimate of drug-likeness (QED) is 0.630. The molecule has 0 saturated carbocycles. The van der Waals surface area contributed by atoms with Gasteiger partial charge in [-0.15, -0.1) is 0 Å². The highest BCUT2D eigenvalue weighted by atomic mass is 32.2. The zero-order valence-corrected chi connectivity index (χ0v) is 9.51. The highest BCUT2D eigenvalue weighted by molar-refractivity contribution is 7.85. The lowest BCUT2D eigenvalue weighted by Crippen LogP contribution is -2.18. The molecule has 0 saturated heterocycles. The van der Waals surface area contributed by atoms with Gasteiger partial charge in [0.05, 0.1) is 13.2 Å². The molecule has 0 aromatic heterocycles. The minimum Gasteiger partial charge on any atom is -0.465 e. The predicted molar refractivity (Wildman–Crippen MR) is 55.4 cm³/mol. The highest BCUT2D eigenvalue weighted by Gasteiger charge is 2.08. The van der Waals surface area contributed by atoms with Gasteiger partial charge in [-0.2, -0.15) is 0 Å². The Hall–Kier alpha value is -0.420. The van der Waals surface area contributed by atoms with Crippen LogP contribution in [0.25, 0.3) is 0 Å². The van der Waals surface area contributed by atoms with Crippen molar-refractivity contribution in [3.63, 3.8) is 0 Å². The van der Waals surface area contributed by atoms with E-state index in [9.17, 15) is 9.00 Å².